The number of esters is 1. The lowest BCUT2D eigenvalue weighted by Crippen LogP contribution is -2.44. The Morgan fingerprint density at radius 2 is 2.03 bits per heavy atom. The number of cyclic esters (lactones) is 1. The number of carbonyl (C=O) groups excluding carboxylic acids is 1. The minimum atomic E-state index is -3.32. The summed E-state index contributed by atoms with van der Waals surface area (Å²) in [6.07, 6.45) is -0.0109. The lowest BCUT2D eigenvalue weighted by atomic mass is 9.86. The summed E-state index contributed by atoms with van der Waals surface area (Å²) in [5.74, 6) is -4.01. The molecule has 32 heavy (non-hydrogen) atoms. The van der Waals surface area contributed by atoms with E-state index in [1.54, 1.807) is 6.92 Å². The molecule has 6 rings (SSSR count). The number of rotatable bonds is 1. The maximum Gasteiger partial charge on any atom is 0.343 e. The van der Waals surface area contributed by atoms with Crippen molar-refractivity contribution >= 4 is 22.6 Å². The van der Waals surface area contributed by atoms with Crippen LogP contribution in [0.2, 0.25) is 0 Å². The molecule has 0 saturated carbocycles. The third kappa shape index (κ3) is 2.15. The van der Waals surface area contributed by atoms with Crippen LogP contribution in [0.5, 0.6) is 5.75 Å². The van der Waals surface area contributed by atoms with Gasteiger partial charge in [-0.15, -0.1) is 0 Å². The zero-order valence-electron chi connectivity index (χ0n) is 16.9. The van der Waals surface area contributed by atoms with Crippen LogP contribution in [-0.4, -0.2) is 27.2 Å². The molecule has 3 aliphatic rings. The van der Waals surface area contributed by atoms with Gasteiger partial charge in [0.25, 0.3) is 5.56 Å². The lowest BCUT2D eigenvalue weighted by molar-refractivity contribution is -0.172. The number of aliphatic hydroxyl groups is 1. The number of pyridine rings is 2. The summed E-state index contributed by atoms with van der Waals surface area (Å²) in [6.45, 7) is 0.299. The Labute approximate surface area is 179 Å². The van der Waals surface area contributed by atoms with Crippen LogP contribution >= 0.6 is 0 Å². The number of nitrogen functional groups attached to an aromatic ring is 1. The van der Waals surface area contributed by atoms with Crippen LogP contribution in [-0.2, 0) is 34.2 Å². The molecule has 0 saturated heterocycles. The van der Waals surface area contributed by atoms with E-state index >= 15 is 8.78 Å². The van der Waals surface area contributed by atoms with E-state index in [0.29, 0.717) is 0 Å². The number of benzene rings is 1. The smallest absolute Gasteiger partial charge is 0.343 e. The SMILES string of the molecule is CCC1(O)C(=O)OCc2c1cc1n(c2=O)Cc2c-1nc1ccc(N)c3c1c2C(F)(F)CO3. The lowest BCUT2D eigenvalue weighted by Gasteiger charge is -2.31. The van der Waals surface area contributed by atoms with Gasteiger partial charge in [-0.05, 0) is 24.6 Å². The Bertz CT molecular complexity index is 1450. The molecule has 3 aromatic rings. The molecule has 0 amide bonds. The number of alkyl halides is 2. The highest BCUT2D eigenvalue weighted by molar-refractivity contribution is 5.97. The summed E-state index contributed by atoms with van der Waals surface area (Å²) in [4.78, 5) is 30.1. The van der Waals surface area contributed by atoms with Gasteiger partial charge in [0.05, 0.1) is 40.1 Å². The van der Waals surface area contributed by atoms with E-state index in [1.165, 1.54) is 22.8 Å². The summed E-state index contributed by atoms with van der Waals surface area (Å²) in [5, 5.41) is 11.1. The number of halogens is 2. The molecular weight excluding hydrogens is 424 g/mol. The predicted molar refractivity (Wildman–Crippen MR) is 108 cm³/mol. The second-order valence-electron chi connectivity index (χ2n) is 8.29. The Morgan fingerprint density at radius 1 is 1.25 bits per heavy atom. The molecular formula is C22H17F2N3O5. The van der Waals surface area contributed by atoms with E-state index < -0.39 is 29.7 Å². The van der Waals surface area contributed by atoms with Crippen LogP contribution in [0.4, 0.5) is 14.5 Å². The van der Waals surface area contributed by atoms with Crippen molar-refractivity contribution in [2.45, 2.75) is 38.0 Å². The fourth-order valence-corrected chi connectivity index (χ4v) is 4.95. The first-order valence-electron chi connectivity index (χ1n) is 10.1. The molecule has 2 aromatic heterocycles. The van der Waals surface area contributed by atoms with Crippen LogP contribution in [0.1, 0.15) is 35.6 Å². The van der Waals surface area contributed by atoms with Crippen molar-refractivity contribution in [2.75, 3.05) is 12.3 Å². The highest BCUT2D eigenvalue weighted by atomic mass is 19.3. The third-order valence-electron chi connectivity index (χ3n) is 6.60. The van der Waals surface area contributed by atoms with E-state index in [0.717, 1.165) is 0 Å². The normalized spacial score (nSPS) is 22.1. The van der Waals surface area contributed by atoms with Crippen molar-refractivity contribution in [1.82, 2.24) is 9.55 Å². The monoisotopic (exact) mass is 441 g/mol. The Morgan fingerprint density at radius 3 is 2.78 bits per heavy atom. The highest BCUT2D eigenvalue weighted by Crippen LogP contribution is 2.50. The molecule has 0 fully saturated rings. The van der Waals surface area contributed by atoms with Gasteiger partial charge in [-0.3, -0.25) is 4.79 Å². The van der Waals surface area contributed by atoms with E-state index in [4.69, 9.17) is 15.2 Å². The largest absolute Gasteiger partial charge is 0.484 e. The quantitative estimate of drug-likeness (QED) is 0.343. The zero-order chi connectivity index (χ0) is 22.6. The number of ether oxygens (including phenoxy) is 2. The van der Waals surface area contributed by atoms with E-state index in [1.807, 2.05) is 0 Å². The Kier molecular flexibility index (Phi) is 3.49. The molecule has 0 bridgehead atoms. The molecule has 1 aromatic carbocycles. The second kappa shape index (κ2) is 5.83. The summed E-state index contributed by atoms with van der Waals surface area (Å²) in [6, 6.07) is 4.56. The summed E-state index contributed by atoms with van der Waals surface area (Å²) in [5.41, 5.74) is 4.61. The number of aromatic nitrogens is 2. The van der Waals surface area contributed by atoms with Gasteiger partial charge in [0, 0.05) is 16.7 Å². The first-order chi connectivity index (χ1) is 15.2. The Hall–Kier alpha value is -3.53. The summed E-state index contributed by atoms with van der Waals surface area (Å²) < 4.78 is 41.9. The molecule has 3 aliphatic heterocycles. The number of hydrogen-bond donors (Lipinski definition) is 2. The summed E-state index contributed by atoms with van der Waals surface area (Å²) in [7, 11) is 0. The molecule has 0 spiro atoms. The van der Waals surface area contributed by atoms with E-state index in [-0.39, 0.29) is 75.6 Å². The van der Waals surface area contributed by atoms with Crippen molar-refractivity contribution in [3.05, 3.63) is 50.8 Å². The number of carbonyl (C=O) groups is 1. The van der Waals surface area contributed by atoms with Crippen LogP contribution in [0.15, 0.2) is 23.0 Å². The third-order valence-corrected chi connectivity index (χ3v) is 6.60. The van der Waals surface area contributed by atoms with Gasteiger partial charge in [-0.1, -0.05) is 6.92 Å². The average molecular weight is 441 g/mol. The van der Waals surface area contributed by atoms with Crippen molar-refractivity contribution in [3.63, 3.8) is 0 Å². The second-order valence-corrected chi connectivity index (χ2v) is 8.29. The van der Waals surface area contributed by atoms with Gasteiger partial charge in [0.15, 0.2) is 18.0 Å². The number of anilines is 1. The van der Waals surface area contributed by atoms with Crippen LogP contribution < -0.4 is 16.0 Å². The number of fused-ring (bicyclic) bond motifs is 5. The molecule has 3 N–H and O–H groups in total. The first kappa shape index (κ1) is 19.2. The minimum Gasteiger partial charge on any atom is -0.484 e. The van der Waals surface area contributed by atoms with Crippen LogP contribution in [0.25, 0.3) is 22.3 Å². The van der Waals surface area contributed by atoms with Crippen molar-refractivity contribution in [2.24, 2.45) is 0 Å². The van der Waals surface area contributed by atoms with Crippen molar-refractivity contribution in [3.8, 4) is 17.1 Å². The summed E-state index contributed by atoms with van der Waals surface area (Å²) >= 11 is 0. The van der Waals surface area contributed by atoms with Gasteiger partial charge in [0.1, 0.15) is 6.61 Å². The van der Waals surface area contributed by atoms with E-state index in [2.05, 4.69) is 4.98 Å². The fourth-order valence-electron chi connectivity index (χ4n) is 4.95. The fraction of sp³-hybridized carbons (Fsp3) is 0.318. The predicted octanol–water partition coefficient (Wildman–Crippen LogP) is 2.15. The number of nitrogens with zero attached hydrogens (tertiary/aromatic N) is 2. The van der Waals surface area contributed by atoms with Gasteiger partial charge >= 0.3 is 11.9 Å². The van der Waals surface area contributed by atoms with Crippen LogP contribution in [0, 0.1) is 0 Å². The average Bonchev–Trinajstić information content (AvgIpc) is 3.13. The first-order valence-corrected chi connectivity index (χ1v) is 10.1. The number of hydrogen-bond acceptors (Lipinski definition) is 7. The molecule has 5 heterocycles. The maximum atomic E-state index is 15.1. The van der Waals surface area contributed by atoms with Crippen molar-refractivity contribution in [1.29, 1.82) is 0 Å². The molecule has 0 radical (unpaired) electrons. The van der Waals surface area contributed by atoms with E-state index in [9.17, 15) is 14.7 Å². The minimum absolute atomic E-state index is 0.0109. The van der Waals surface area contributed by atoms with Crippen LogP contribution in [0.3, 0.4) is 0 Å². The van der Waals surface area contributed by atoms with Gasteiger partial charge < -0.3 is 24.9 Å². The molecule has 8 nitrogen and oxygen atoms in total. The van der Waals surface area contributed by atoms with Gasteiger partial charge in [-0.2, -0.15) is 8.78 Å². The molecule has 164 valence electrons. The zero-order valence-corrected chi connectivity index (χ0v) is 16.9. The standard InChI is InChI=1S/C22H17F2N3O5/c1-2-21(30)11-5-14-17-9(6-27(14)19(28)10(11)7-31-20(21)29)16-15-13(26-17)4-3-12(25)18(15)32-8-22(16,23)24/h3-5,30H,2,6-8,25H2,1H3. The van der Waals surface area contributed by atoms with Gasteiger partial charge in [-0.25, -0.2) is 9.78 Å². The molecule has 1 atom stereocenters. The maximum absolute atomic E-state index is 15.1. The Balaban J connectivity index is 1.71. The molecule has 10 heteroatoms. The van der Waals surface area contributed by atoms with Gasteiger partial charge in [0.2, 0.25) is 0 Å². The highest BCUT2D eigenvalue weighted by Gasteiger charge is 2.48. The van der Waals surface area contributed by atoms with Crippen molar-refractivity contribution < 1.29 is 28.2 Å². The molecule has 1 unspecified atom stereocenters. The molecule has 0 aliphatic carbocycles. The number of nitrogens with two attached hydrogens (primary N) is 1. The topological polar surface area (TPSA) is 117 Å².